The van der Waals surface area contributed by atoms with Crippen LogP contribution in [0.4, 0.5) is 11.6 Å². The quantitative estimate of drug-likeness (QED) is 0.737. The molecule has 1 aliphatic rings. The van der Waals surface area contributed by atoms with E-state index in [1.807, 2.05) is 18.3 Å². The molecule has 0 aliphatic heterocycles. The number of hydrogen-bond acceptors (Lipinski definition) is 5. The number of fused-ring (bicyclic) bond motifs is 1. The maximum atomic E-state index is 12.3. The van der Waals surface area contributed by atoms with Crippen molar-refractivity contribution in [1.82, 2.24) is 14.6 Å². The summed E-state index contributed by atoms with van der Waals surface area (Å²) in [5.41, 5.74) is 2.22. The summed E-state index contributed by atoms with van der Waals surface area (Å²) >= 11 is 0. The van der Waals surface area contributed by atoms with E-state index in [1.54, 1.807) is 35.9 Å². The molecule has 4 rings (SSSR count). The number of hydrogen-bond donors (Lipinski definition) is 2. The van der Waals surface area contributed by atoms with Crippen molar-refractivity contribution in [3.63, 3.8) is 0 Å². The first-order chi connectivity index (χ1) is 12.7. The molecule has 1 amide bonds. The third-order valence-corrected chi connectivity index (χ3v) is 4.63. The lowest BCUT2D eigenvalue weighted by Crippen LogP contribution is -2.14. The van der Waals surface area contributed by atoms with Crippen LogP contribution in [0.2, 0.25) is 0 Å². The number of methoxy groups -OCH3 is 1. The lowest BCUT2D eigenvalue weighted by atomic mass is 10.2. The molecule has 134 valence electrons. The highest BCUT2D eigenvalue weighted by Crippen LogP contribution is 2.22. The van der Waals surface area contributed by atoms with Crippen LogP contribution in [-0.2, 0) is 0 Å². The first kappa shape index (κ1) is 16.4. The van der Waals surface area contributed by atoms with E-state index < -0.39 is 0 Å². The van der Waals surface area contributed by atoms with Gasteiger partial charge in [-0.2, -0.15) is 4.98 Å². The first-order valence-corrected chi connectivity index (χ1v) is 8.80. The summed E-state index contributed by atoms with van der Waals surface area (Å²) in [6.45, 7) is 0. The molecule has 2 heterocycles. The largest absolute Gasteiger partial charge is 0.497 e. The van der Waals surface area contributed by atoms with Crippen LogP contribution in [0.5, 0.6) is 5.75 Å². The van der Waals surface area contributed by atoms with Gasteiger partial charge in [-0.05, 0) is 49.2 Å². The standard InChI is InChI=1S/C19H21N5O2/c1-26-16-9-6-13(7-10-16)18(25)22-19-21-17-11-8-15(12-24(17)23-19)20-14-4-2-3-5-14/h6-12,14,20H,2-5H2,1H3,(H,22,23,25). The van der Waals surface area contributed by atoms with E-state index in [4.69, 9.17) is 4.74 Å². The van der Waals surface area contributed by atoms with E-state index in [0.29, 0.717) is 23.0 Å². The van der Waals surface area contributed by atoms with Gasteiger partial charge in [0, 0.05) is 11.6 Å². The Bertz CT molecular complexity index is 913. The van der Waals surface area contributed by atoms with Crippen molar-refractivity contribution in [2.75, 3.05) is 17.7 Å². The van der Waals surface area contributed by atoms with Crippen LogP contribution in [-0.4, -0.2) is 33.7 Å². The van der Waals surface area contributed by atoms with Crippen LogP contribution in [0, 0.1) is 0 Å². The van der Waals surface area contributed by atoms with Gasteiger partial charge in [0.1, 0.15) is 5.75 Å². The minimum Gasteiger partial charge on any atom is -0.497 e. The predicted molar refractivity (Wildman–Crippen MR) is 99.8 cm³/mol. The van der Waals surface area contributed by atoms with Gasteiger partial charge in [-0.1, -0.05) is 12.8 Å². The molecule has 1 saturated carbocycles. The average molecular weight is 351 g/mol. The van der Waals surface area contributed by atoms with Crippen molar-refractivity contribution < 1.29 is 9.53 Å². The molecule has 7 nitrogen and oxygen atoms in total. The topological polar surface area (TPSA) is 80.5 Å². The second kappa shape index (κ2) is 7.03. The molecule has 7 heteroatoms. The van der Waals surface area contributed by atoms with Crippen LogP contribution < -0.4 is 15.4 Å². The lowest BCUT2D eigenvalue weighted by Gasteiger charge is -2.12. The van der Waals surface area contributed by atoms with Crippen LogP contribution >= 0.6 is 0 Å². The highest BCUT2D eigenvalue weighted by atomic mass is 16.5. The van der Waals surface area contributed by atoms with Crippen molar-refractivity contribution in [2.45, 2.75) is 31.7 Å². The number of carbonyl (C=O) groups excluding carboxylic acids is 1. The zero-order chi connectivity index (χ0) is 17.9. The summed E-state index contributed by atoms with van der Waals surface area (Å²) in [6.07, 6.45) is 6.89. The molecule has 3 aromatic rings. The minimum atomic E-state index is -0.257. The van der Waals surface area contributed by atoms with Gasteiger partial charge in [0.25, 0.3) is 5.91 Å². The molecule has 1 aliphatic carbocycles. The minimum absolute atomic E-state index is 0.257. The van der Waals surface area contributed by atoms with Crippen molar-refractivity contribution in [2.24, 2.45) is 0 Å². The summed E-state index contributed by atoms with van der Waals surface area (Å²) in [4.78, 5) is 16.7. The zero-order valence-corrected chi connectivity index (χ0v) is 14.6. The maximum Gasteiger partial charge on any atom is 0.258 e. The molecule has 0 spiro atoms. The van der Waals surface area contributed by atoms with E-state index in [9.17, 15) is 4.79 Å². The van der Waals surface area contributed by atoms with Crippen LogP contribution in [0.1, 0.15) is 36.0 Å². The van der Waals surface area contributed by atoms with Gasteiger partial charge in [0.05, 0.1) is 19.0 Å². The smallest absolute Gasteiger partial charge is 0.258 e. The fourth-order valence-corrected chi connectivity index (χ4v) is 3.24. The zero-order valence-electron chi connectivity index (χ0n) is 14.6. The third-order valence-electron chi connectivity index (χ3n) is 4.63. The Morgan fingerprint density at radius 1 is 1.15 bits per heavy atom. The highest BCUT2D eigenvalue weighted by molar-refractivity contribution is 6.03. The number of benzene rings is 1. The van der Waals surface area contributed by atoms with Crippen molar-refractivity contribution in [1.29, 1.82) is 0 Å². The molecule has 0 bridgehead atoms. The maximum absolute atomic E-state index is 12.3. The molecule has 1 aromatic carbocycles. The summed E-state index contributed by atoms with van der Waals surface area (Å²) in [7, 11) is 1.59. The van der Waals surface area contributed by atoms with E-state index in [1.165, 1.54) is 25.7 Å². The Morgan fingerprint density at radius 3 is 2.65 bits per heavy atom. The number of rotatable bonds is 5. The lowest BCUT2D eigenvalue weighted by molar-refractivity contribution is 0.102. The predicted octanol–water partition coefficient (Wildman–Crippen LogP) is 3.34. The Morgan fingerprint density at radius 2 is 1.92 bits per heavy atom. The Kier molecular flexibility index (Phi) is 4.43. The molecule has 0 unspecified atom stereocenters. The molecular formula is C19H21N5O2. The van der Waals surface area contributed by atoms with Crippen LogP contribution in [0.25, 0.3) is 5.65 Å². The summed E-state index contributed by atoms with van der Waals surface area (Å²) in [5, 5.41) is 10.6. The molecule has 1 fully saturated rings. The van der Waals surface area contributed by atoms with E-state index in [2.05, 4.69) is 20.7 Å². The van der Waals surface area contributed by atoms with E-state index in [-0.39, 0.29) is 11.9 Å². The second-order valence-corrected chi connectivity index (χ2v) is 6.46. The molecule has 2 aromatic heterocycles. The number of ether oxygens (including phenoxy) is 1. The number of nitrogens with one attached hydrogen (secondary N) is 2. The third kappa shape index (κ3) is 3.46. The molecule has 0 atom stereocenters. The monoisotopic (exact) mass is 351 g/mol. The van der Waals surface area contributed by atoms with Gasteiger partial charge in [-0.3, -0.25) is 10.1 Å². The van der Waals surface area contributed by atoms with E-state index in [0.717, 1.165) is 5.69 Å². The Balaban J connectivity index is 1.48. The Hall–Kier alpha value is -3.09. The van der Waals surface area contributed by atoms with Gasteiger partial charge >= 0.3 is 0 Å². The van der Waals surface area contributed by atoms with Gasteiger partial charge in [0.15, 0.2) is 5.65 Å². The van der Waals surface area contributed by atoms with Gasteiger partial charge < -0.3 is 10.1 Å². The van der Waals surface area contributed by atoms with Crippen molar-refractivity contribution >= 4 is 23.2 Å². The number of carbonyl (C=O) groups is 1. The number of pyridine rings is 1. The van der Waals surface area contributed by atoms with E-state index >= 15 is 0 Å². The van der Waals surface area contributed by atoms with Crippen molar-refractivity contribution in [3.8, 4) is 5.75 Å². The number of nitrogens with zero attached hydrogens (tertiary/aromatic N) is 3. The summed E-state index contributed by atoms with van der Waals surface area (Å²) in [5.74, 6) is 0.728. The highest BCUT2D eigenvalue weighted by Gasteiger charge is 2.15. The fraction of sp³-hybridized carbons (Fsp3) is 0.316. The van der Waals surface area contributed by atoms with Gasteiger partial charge in [-0.15, -0.1) is 5.10 Å². The molecule has 0 radical (unpaired) electrons. The molecule has 0 saturated heterocycles. The molecule has 2 N–H and O–H groups in total. The average Bonchev–Trinajstić information content (AvgIpc) is 3.30. The summed E-state index contributed by atoms with van der Waals surface area (Å²) < 4.78 is 6.78. The van der Waals surface area contributed by atoms with Crippen LogP contribution in [0.15, 0.2) is 42.6 Å². The molecule has 26 heavy (non-hydrogen) atoms. The van der Waals surface area contributed by atoms with Crippen molar-refractivity contribution in [3.05, 3.63) is 48.2 Å². The number of anilines is 2. The fourth-order valence-electron chi connectivity index (χ4n) is 3.24. The Labute approximate surface area is 151 Å². The first-order valence-electron chi connectivity index (χ1n) is 8.80. The number of amides is 1. The SMILES string of the molecule is COc1ccc(C(=O)Nc2nc3ccc(NC4CCCC4)cn3n2)cc1. The molecular weight excluding hydrogens is 330 g/mol. The normalized spacial score (nSPS) is 14.5. The summed E-state index contributed by atoms with van der Waals surface area (Å²) in [6, 6.07) is 11.3. The van der Waals surface area contributed by atoms with Gasteiger partial charge in [-0.25, -0.2) is 4.52 Å². The van der Waals surface area contributed by atoms with Gasteiger partial charge in [0.2, 0.25) is 5.95 Å². The number of aromatic nitrogens is 3. The van der Waals surface area contributed by atoms with Crippen LogP contribution in [0.3, 0.4) is 0 Å². The second-order valence-electron chi connectivity index (χ2n) is 6.46.